The number of benzene rings is 1. The number of hydrogen-bond acceptors (Lipinski definition) is 4. The smallest absolute Gasteiger partial charge is 0.172 e. The molecular weight excluding hydrogens is 420 g/mol. The maximum atomic E-state index is 13.6. The van der Waals surface area contributed by atoms with Crippen LogP contribution >= 0.6 is 15.9 Å². The van der Waals surface area contributed by atoms with Crippen molar-refractivity contribution in [1.29, 1.82) is 0 Å². The number of carbonyl (C=O) groups is 2. The molecule has 5 heteroatoms. The van der Waals surface area contributed by atoms with Crippen LogP contribution in [0.3, 0.4) is 0 Å². The van der Waals surface area contributed by atoms with Crippen molar-refractivity contribution in [2.45, 2.75) is 40.0 Å². The van der Waals surface area contributed by atoms with E-state index in [4.69, 9.17) is 4.74 Å². The van der Waals surface area contributed by atoms with Gasteiger partial charge < -0.3 is 9.84 Å². The molecule has 0 heterocycles. The number of allylic oxidation sites excluding steroid dienone is 5. The minimum Gasteiger partial charge on any atom is -0.503 e. The lowest BCUT2D eigenvalue weighted by atomic mass is 9.45. The molecule has 3 rings (SSSR count). The number of hydrogen-bond donors (Lipinski definition) is 1. The molecule has 28 heavy (non-hydrogen) atoms. The van der Waals surface area contributed by atoms with Crippen LogP contribution in [0.5, 0.6) is 11.5 Å². The highest BCUT2D eigenvalue weighted by Gasteiger charge is 2.63. The third-order valence-corrected chi connectivity index (χ3v) is 7.46. The molecule has 0 aliphatic heterocycles. The van der Waals surface area contributed by atoms with Crippen molar-refractivity contribution in [2.75, 3.05) is 7.11 Å². The average Bonchev–Trinajstić information content (AvgIpc) is 2.68. The van der Waals surface area contributed by atoms with Gasteiger partial charge in [-0.15, -0.1) is 0 Å². The van der Waals surface area contributed by atoms with Crippen LogP contribution in [0.15, 0.2) is 52.1 Å². The second kappa shape index (κ2) is 6.73. The van der Waals surface area contributed by atoms with E-state index in [-0.39, 0.29) is 17.3 Å². The lowest BCUT2D eigenvalue weighted by Gasteiger charge is -2.54. The molecule has 3 atom stereocenters. The lowest BCUT2D eigenvalue weighted by Crippen LogP contribution is -2.57. The number of fused-ring (bicyclic) bond motifs is 1. The molecule has 0 unspecified atom stereocenters. The summed E-state index contributed by atoms with van der Waals surface area (Å²) in [4.78, 5) is 26.9. The van der Waals surface area contributed by atoms with Gasteiger partial charge in [0, 0.05) is 11.3 Å². The second-order valence-electron chi connectivity index (χ2n) is 8.04. The molecule has 0 radical (unpaired) electrons. The summed E-state index contributed by atoms with van der Waals surface area (Å²) in [6.45, 7) is 11.2. The van der Waals surface area contributed by atoms with Crippen LogP contribution in [0.4, 0.5) is 0 Å². The van der Waals surface area contributed by atoms with Gasteiger partial charge >= 0.3 is 0 Å². The van der Waals surface area contributed by atoms with Crippen LogP contribution in [0.2, 0.25) is 0 Å². The van der Waals surface area contributed by atoms with Gasteiger partial charge in [0.25, 0.3) is 0 Å². The summed E-state index contributed by atoms with van der Waals surface area (Å²) in [5.74, 6) is -0.0956. The summed E-state index contributed by atoms with van der Waals surface area (Å²) in [6, 6.07) is 3.52. The Morgan fingerprint density at radius 2 is 1.82 bits per heavy atom. The Balaban J connectivity index is 2.36. The molecule has 0 saturated carbocycles. The molecule has 1 N–H and O–H groups in total. The van der Waals surface area contributed by atoms with Gasteiger partial charge in [0.2, 0.25) is 0 Å². The minimum absolute atomic E-state index is 0.00271. The predicted molar refractivity (Wildman–Crippen MR) is 113 cm³/mol. The first-order valence-electron chi connectivity index (χ1n) is 9.20. The minimum atomic E-state index is -0.979. The van der Waals surface area contributed by atoms with Crippen molar-refractivity contribution in [3.05, 3.63) is 57.6 Å². The highest BCUT2D eigenvalue weighted by atomic mass is 79.9. The van der Waals surface area contributed by atoms with Crippen LogP contribution in [-0.4, -0.2) is 23.8 Å². The Kier molecular flexibility index (Phi) is 4.95. The fourth-order valence-electron chi connectivity index (χ4n) is 4.80. The van der Waals surface area contributed by atoms with Crippen molar-refractivity contribution in [2.24, 2.45) is 10.8 Å². The van der Waals surface area contributed by atoms with Gasteiger partial charge in [-0.25, -0.2) is 0 Å². The quantitative estimate of drug-likeness (QED) is 0.689. The first kappa shape index (κ1) is 20.6. The Labute approximate surface area is 174 Å². The van der Waals surface area contributed by atoms with E-state index in [0.29, 0.717) is 27.8 Å². The summed E-state index contributed by atoms with van der Waals surface area (Å²) in [6.07, 6.45) is 4.24. The SMILES string of the molecule is C=CC1=CC[C@@]2(C)C(=O)C(C)=C(C)C(=O)[C@@]2(C)[C@H]1c1cc(Br)c(O)c(OC)c1. The number of carbonyl (C=O) groups excluding carboxylic acids is 2. The molecule has 2 aliphatic rings. The Morgan fingerprint density at radius 1 is 1.21 bits per heavy atom. The van der Waals surface area contributed by atoms with E-state index in [1.807, 2.05) is 19.9 Å². The van der Waals surface area contributed by atoms with Gasteiger partial charge in [-0.05, 0) is 70.6 Å². The van der Waals surface area contributed by atoms with E-state index in [1.165, 1.54) is 7.11 Å². The zero-order chi connectivity index (χ0) is 21.0. The molecule has 0 saturated heterocycles. The highest BCUT2D eigenvalue weighted by molar-refractivity contribution is 9.10. The zero-order valence-corrected chi connectivity index (χ0v) is 18.4. The first-order chi connectivity index (χ1) is 13.0. The van der Waals surface area contributed by atoms with Crippen LogP contribution in [0.1, 0.15) is 45.6 Å². The molecule has 1 aromatic rings. The van der Waals surface area contributed by atoms with E-state index < -0.39 is 16.7 Å². The van der Waals surface area contributed by atoms with Gasteiger partial charge in [0.05, 0.1) is 17.0 Å². The number of halogens is 1. The largest absolute Gasteiger partial charge is 0.503 e. The second-order valence-corrected chi connectivity index (χ2v) is 8.90. The molecule has 0 bridgehead atoms. The van der Waals surface area contributed by atoms with E-state index in [2.05, 4.69) is 22.5 Å². The third kappa shape index (κ3) is 2.48. The number of phenols is 1. The van der Waals surface area contributed by atoms with Crippen molar-refractivity contribution in [3.63, 3.8) is 0 Å². The molecule has 1 aromatic carbocycles. The maximum absolute atomic E-state index is 13.6. The van der Waals surface area contributed by atoms with Crippen molar-refractivity contribution in [3.8, 4) is 11.5 Å². The number of phenolic OH excluding ortho intramolecular Hbond substituents is 1. The lowest BCUT2D eigenvalue weighted by molar-refractivity contribution is -0.147. The normalized spacial score (nSPS) is 30.1. The molecule has 2 aliphatic carbocycles. The van der Waals surface area contributed by atoms with E-state index >= 15 is 0 Å². The van der Waals surface area contributed by atoms with Gasteiger partial charge in [-0.2, -0.15) is 0 Å². The Morgan fingerprint density at radius 3 is 2.39 bits per heavy atom. The van der Waals surface area contributed by atoms with Crippen molar-refractivity contribution >= 4 is 27.5 Å². The molecule has 4 nitrogen and oxygen atoms in total. The maximum Gasteiger partial charge on any atom is 0.172 e. The topological polar surface area (TPSA) is 63.6 Å². The summed E-state index contributed by atoms with van der Waals surface area (Å²) in [5, 5.41) is 10.2. The number of ketones is 2. The van der Waals surface area contributed by atoms with Crippen LogP contribution in [-0.2, 0) is 9.59 Å². The van der Waals surface area contributed by atoms with Gasteiger partial charge in [0.15, 0.2) is 23.1 Å². The summed E-state index contributed by atoms with van der Waals surface area (Å²) in [7, 11) is 1.48. The number of methoxy groups -OCH3 is 1. The van der Waals surface area contributed by atoms with E-state index in [9.17, 15) is 14.7 Å². The molecule has 0 aromatic heterocycles. The molecular formula is C23H25BrO4. The van der Waals surface area contributed by atoms with Gasteiger partial charge in [0.1, 0.15) is 0 Å². The first-order valence-corrected chi connectivity index (χ1v) is 9.99. The standard InChI is InChI=1S/C23H25BrO4/c1-7-14-8-9-22(4)20(26)12(2)13(3)21(27)23(22,5)18(14)15-10-16(24)19(25)17(11-15)28-6/h7-8,10-11,18,25H,1,9H2,2-6H3/t18-,22+,23-/m1/s1. The van der Waals surface area contributed by atoms with Crippen molar-refractivity contribution in [1.82, 2.24) is 0 Å². The predicted octanol–water partition coefficient (Wildman–Crippen LogP) is 5.26. The van der Waals surface area contributed by atoms with Crippen LogP contribution in [0, 0.1) is 10.8 Å². The fourth-order valence-corrected chi connectivity index (χ4v) is 5.26. The number of rotatable bonds is 3. The van der Waals surface area contributed by atoms with Gasteiger partial charge in [-0.3, -0.25) is 9.59 Å². The molecule has 148 valence electrons. The fraction of sp³-hybridized carbons (Fsp3) is 0.391. The van der Waals surface area contributed by atoms with Crippen molar-refractivity contribution < 1.29 is 19.4 Å². The third-order valence-electron chi connectivity index (χ3n) is 6.86. The number of aromatic hydroxyl groups is 1. The summed E-state index contributed by atoms with van der Waals surface area (Å²) in [5.41, 5.74) is 0.909. The van der Waals surface area contributed by atoms with E-state index in [0.717, 1.165) is 11.1 Å². The summed E-state index contributed by atoms with van der Waals surface area (Å²) < 4.78 is 5.79. The molecule has 0 fully saturated rings. The molecule has 0 spiro atoms. The van der Waals surface area contributed by atoms with Gasteiger partial charge in [-0.1, -0.05) is 32.6 Å². The summed E-state index contributed by atoms with van der Waals surface area (Å²) >= 11 is 3.38. The monoisotopic (exact) mass is 444 g/mol. The van der Waals surface area contributed by atoms with E-state index in [1.54, 1.807) is 32.1 Å². The number of ether oxygens (including phenoxy) is 1. The van der Waals surface area contributed by atoms with Crippen LogP contribution < -0.4 is 4.74 Å². The Hall–Kier alpha value is -2.14. The average molecular weight is 445 g/mol. The Bertz CT molecular complexity index is 971. The highest BCUT2D eigenvalue weighted by Crippen LogP contribution is 2.62. The number of Topliss-reactive ketones (excluding diaryl/α,β-unsaturated/α-hetero) is 2. The zero-order valence-electron chi connectivity index (χ0n) is 16.9. The van der Waals surface area contributed by atoms with Crippen LogP contribution in [0.25, 0.3) is 0 Å². The molecule has 0 amide bonds.